The minimum atomic E-state index is 0.362. The van der Waals surface area contributed by atoms with Gasteiger partial charge in [0, 0.05) is 0 Å². The summed E-state index contributed by atoms with van der Waals surface area (Å²) in [4.78, 5) is 0. The van der Waals surface area contributed by atoms with Gasteiger partial charge in [-0.3, -0.25) is 0 Å². The van der Waals surface area contributed by atoms with Crippen LogP contribution in [0.15, 0.2) is 213 Å². The molecule has 0 radical (unpaired) electrons. The quantitative estimate of drug-likeness (QED) is 0.0752. The largest absolute Gasteiger partial charge is 0.124 e. The molecule has 0 bridgehead atoms. The zero-order chi connectivity index (χ0) is 54.7. The van der Waals surface area contributed by atoms with Gasteiger partial charge in [0.05, 0.1) is 0 Å². The number of terminal acetylenes is 1. The molecule has 9 aromatic carbocycles. The predicted molar refractivity (Wildman–Crippen MR) is 342 cm³/mol. The predicted octanol–water partition coefficient (Wildman–Crippen LogP) is 20.0. The van der Waals surface area contributed by atoms with Crippen molar-refractivity contribution < 1.29 is 0 Å². The summed E-state index contributed by atoms with van der Waals surface area (Å²) in [6.45, 7) is 32.9. The second-order valence-corrected chi connectivity index (χ2v) is 18.7. The third-order valence-electron chi connectivity index (χ3n) is 14.4. The Hall–Kier alpha value is -8.50. The molecule has 0 aliphatic carbocycles. The van der Waals surface area contributed by atoms with Gasteiger partial charge in [0.1, 0.15) is 0 Å². The van der Waals surface area contributed by atoms with Crippen LogP contribution in [0.2, 0.25) is 0 Å². The van der Waals surface area contributed by atoms with E-state index in [1.54, 1.807) is 0 Å². The molecule has 0 heteroatoms. The average Bonchev–Trinajstić information content (AvgIpc) is 3.48. The van der Waals surface area contributed by atoms with E-state index in [0.29, 0.717) is 5.92 Å². The van der Waals surface area contributed by atoms with Crippen molar-refractivity contribution in [2.24, 2.45) is 0 Å². The van der Waals surface area contributed by atoms with Crippen molar-refractivity contribution >= 4 is 79.4 Å². The minimum absolute atomic E-state index is 0.362. The fraction of sp³-hybridized carbons (Fsp3) is 0.158. The normalized spacial score (nSPS) is 12.2. The SMILES string of the molecule is C#C.C=C(/C=C\c1ccc(/C(=C\Cc2ccc(/C(C)=C/C=c3/ccc(/C=C\C(=C)c4cccc5ccccc45)c(C(C)CC)c3=C)cc2)c2cccc3ccccc23)c(C)c1C)c1cccc2ccccc12.CC.CC. The fourth-order valence-electron chi connectivity index (χ4n) is 9.93. The van der Waals surface area contributed by atoms with Crippen LogP contribution in [0.5, 0.6) is 0 Å². The Morgan fingerprint density at radius 3 is 1.51 bits per heavy atom. The van der Waals surface area contributed by atoms with E-state index in [-0.39, 0.29) is 0 Å². The molecule has 1 atom stereocenters. The molecule has 9 rings (SSSR count). The van der Waals surface area contributed by atoms with Gasteiger partial charge in [0.25, 0.3) is 0 Å². The maximum Gasteiger partial charge on any atom is -0.00880 e. The lowest BCUT2D eigenvalue weighted by molar-refractivity contribution is 0.726. The molecule has 0 aliphatic heterocycles. The smallest absolute Gasteiger partial charge is 0.00880 e. The standard InChI is InChI=1S/C70H62.2C2H6.C2H2/c1-9-47(2)70-53(8)57(42-43-61(70)39-33-50(5)63-29-17-23-59-20-11-14-26-66(59)63)37-31-48(3)55-40-34-54(35-41-55)36-45-69(68-30-18-24-60-21-12-15-27-67(60)68)64-46-44-56(51(6)52(64)7)38-32-49(4)62-28-16-22-58-19-10-13-25-65(58)62;3*1-2/h10-35,37-47H,4-5,8-9,36H2,1-3,6-7H3;2*1-2H3;1-2H/b38-32-,39-33-,48-31+,57-37-,69-45+;;;. The topological polar surface area (TPSA) is 0 Å². The lowest BCUT2D eigenvalue weighted by atomic mass is 9.87. The molecular formula is C76H76. The highest BCUT2D eigenvalue weighted by atomic mass is 14.2. The van der Waals surface area contributed by atoms with Crippen molar-refractivity contribution in [1.82, 2.24) is 0 Å². The molecule has 0 nitrogen and oxygen atoms in total. The Kier molecular flexibility index (Phi) is 20.7. The van der Waals surface area contributed by atoms with Gasteiger partial charge >= 0.3 is 0 Å². The molecule has 0 amide bonds. The number of hydrogen-bond donors (Lipinski definition) is 0. The van der Waals surface area contributed by atoms with Gasteiger partial charge in [-0.1, -0.05) is 280 Å². The van der Waals surface area contributed by atoms with E-state index in [1.165, 1.54) is 93.5 Å². The van der Waals surface area contributed by atoms with Crippen molar-refractivity contribution in [2.45, 2.75) is 81.1 Å². The van der Waals surface area contributed by atoms with Gasteiger partial charge in [-0.2, -0.15) is 0 Å². The van der Waals surface area contributed by atoms with Gasteiger partial charge in [-0.15, -0.1) is 12.8 Å². The van der Waals surface area contributed by atoms with Crippen LogP contribution in [-0.2, 0) is 6.42 Å². The molecule has 76 heavy (non-hydrogen) atoms. The van der Waals surface area contributed by atoms with Crippen LogP contribution in [0.1, 0.15) is 122 Å². The molecule has 0 aromatic heterocycles. The van der Waals surface area contributed by atoms with Crippen LogP contribution >= 0.6 is 0 Å². The molecule has 0 fully saturated rings. The van der Waals surface area contributed by atoms with Gasteiger partial charge in [-0.25, -0.2) is 0 Å². The number of hydrogen-bond acceptors (Lipinski definition) is 0. The number of rotatable bonds is 14. The molecule has 380 valence electrons. The Bertz CT molecular complexity index is 3730. The molecule has 0 heterocycles. The Morgan fingerprint density at radius 1 is 0.526 bits per heavy atom. The summed E-state index contributed by atoms with van der Waals surface area (Å²) in [5, 5.41) is 9.61. The van der Waals surface area contributed by atoms with Crippen molar-refractivity contribution in [3.05, 3.63) is 285 Å². The minimum Gasteiger partial charge on any atom is -0.124 e. The van der Waals surface area contributed by atoms with Crippen LogP contribution < -0.4 is 10.4 Å². The highest BCUT2D eigenvalue weighted by Gasteiger charge is 2.15. The van der Waals surface area contributed by atoms with Crippen LogP contribution in [0.25, 0.3) is 79.4 Å². The number of benzene rings is 9. The van der Waals surface area contributed by atoms with Gasteiger partial charge in [0.15, 0.2) is 0 Å². The second-order valence-electron chi connectivity index (χ2n) is 18.7. The summed E-state index contributed by atoms with van der Waals surface area (Å²) in [5.41, 5.74) is 18.0. The first-order chi connectivity index (χ1) is 37.1. The first-order valence-electron chi connectivity index (χ1n) is 27.0. The van der Waals surface area contributed by atoms with E-state index >= 15 is 0 Å². The molecule has 9 aromatic rings. The summed E-state index contributed by atoms with van der Waals surface area (Å²) in [6.07, 6.45) is 25.5. The second kappa shape index (κ2) is 27.7. The number of fused-ring (bicyclic) bond motifs is 3. The molecular weight excluding hydrogens is 913 g/mol. The van der Waals surface area contributed by atoms with E-state index in [1.807, 2.05) is 27.7 Å². The monoisotopic (exact) mass is 989 g/mol. The zero-order valence-corrected chi connectivity index (χ0v) is 46.6. The van der Waals surface area contributed by atoms with Crippen LogP contribution in [-0.4, -0.2) is 0 Å². The molecule has 0 saturated heterocycles. The Morgan fingerprint density at radius 2 is 0.987 bits per heavy atom. The summed E-state index contributed by atoms with van der Waals surface area (Å²) in [6, 6.07) is 63.4. The van der Waals surface area contributed by atoms with Gasteiger partial charge in [0.2, 0.25) is 0 Å². The van der Waals surface area contributed by atoms with Crippen molar-refractivity contribution in [1.29, 1.82) is 0 Å². The third-order valence-corrected chi connectivity index (χ3v) is 14.4. The van der Waals surface area contributed by atoms with E-state index in [0.717, 1.165) is 45.6 Å². The highest BCUT2D eigenvalue weighted by molar-refractivity contribution is 6.00. The van der Waals surface area contributed by atoms with E-state index in [9.17, 15) is 0 Å². The van der Waals surface area contributed by atoms with E-state index < -0.39 is 0 Å². The average molecular weight is 989 g/mol. The Balaban J connectivity index is 0.00000151. The molecule has 0 spiro atoms. The lowest BCUT2D eigenvalue weighted by Crippen LogP contribution is -2.29. The first-order valence-corrected chi connectivity index (χ1v) is 27.0. The highest BCUT2D eigenvalue weighted by Crippen LogP contribution is 2.35. The maximum absolute atomic E-state index is 4.65. The van der Waals surface area contributed by atoms with E-state index in [4.69, 9.17) is 0 Å². The maximum atomic E-state index is 4.65. The molecule has 0 aliphatic rings. The lowest BCUT2D eigenvalue weighted by Gasteiger charge is -2.17. The number of allylic oxidation sites excluding steroid dienone is 7. The zero-order valence-electron chi connectivity index (χ0n) is 46.6. The van der Waals surface area contributed by atoms with Gasteiger partial charge < -0.3 is 0 Å². The molecule has 0 saturated carbocycles. The summed E-state index contributed by atoms with van der Waals surface area (Å²) < 4.78 is 0. The first kappa shape index (κ1) is 56.8. The van der Waals surface area contributed by atoms with Crippen molar-refractivity contribution in [2.75, 3.05) is 0 Å². The van der Waals surface area contributed by atoms with Crippen molar-refractivity contribution in [3.63, 3.8) is 0 Å². The van der Waals surface area contributed by atoms with Crippen LogP contribution in [0.3, 0.4) is 0 Å². The summed E-state index contributed by atoms with van der Waals surface area (Å²) in [5.74, 6) is 0.362. The fourth-order valence-corrected chi connectivity index (χ4v) is 9.93. The third kappa shape index (κ3) is 13.1. The molecule has 1 unspecified atom stereocenters. The van der Waals surface area contributed by atoms with E-state index in [2.05, 4.69) is 286 Å². The summed E-state index contributed by atoms with van der Waals surface area (Å²) in [7, 11) is 0. The van der Waals surface area contributed by atoms with Crippen molar-refractivity contribution in [3.8, 4) is 12.8 Å². The Labute approximate surface area is 455 Å². The van der Waals surface area contributed by atoms with Crippen LogP contribution in [0.4, 0.5) is 0 Å². The summed E-state index contributed by atoms with van der Waals surface area (Å²) >= 11 is 0. The van der Waals surface area contributed by atoms with Gasteiger partial charge in [-0.05, 0) is 166 Å². The molecule has 0 N–H and O–H groups in total. The van der Waals surface area contributed by atoms with Crippen LogP contribution in [0, 0.1) is 26.7 Å².